The molecule has 1 N–H and O–H groups in total. The van der Waals surface area contributed by atoms with E-state index in [1.807, 2.05) is 0 Å². The molecule has 2 atom stereocenters. The highest BCUT2D eigenvalue weighted by molar-refractivity contribution is 5.63. The average Bonchev–Trinajstić information content (AvgIpc) is 2.41. The molecule has 2 aliphatic rings. The van der Waals surface area contributed by atoms with E-state index in [0.717, 1.165) is 12.5 Å². The molecule has 0 aliphatic carbocycles. The Morgan fingerprint density at radius 2 is 2.11 bits per heavy atom. The zero-order valence-corrected chi connectivity index (χ0v) is 11.6. The van der Waals surface area contributed by atoms with E-state index >= 15 is 0 Å². The fourth-order valence-electron chi connectivity index (χ4n) is 3.28. The van der Waals surface area contributed by atoms with Gasteiger partial charge >= 0.3 is 0 Å². The Labute approximate surface area is 110 Å². The summed E-state index contributed by atoms with van der Waals surface area (Å²) >= 11 is 0. The molecule has 1 aromatic carbocycles. The van der Waals surface area contributed by atoms with Crippen molar-refractivity contribution in [3.05, 3.63) is 23.8 Å². The van der Waals surface area contributed by atoms with Crippen molar-refractivity contribution < 1.29 is 0 Å². The minimum atomic E-state index is 0.683. The van der Waals surface area contributed by atoms with Gasteiger partial charge in [0, 0.05) is 30.5 Å². The third kappa shape index (κ3) is 2.21. The van der Waals surface area contributed by atoms with Gasteiger partial charge in [0.2, 0.25) is 0 Å². The Bertz CT molecular complexity index is 427. The first kappa shape index (κ1) is 11.9. The van der Waals surface area contributed by atoms with Crippen molar-refractivity contribution in [2.75, 3.05) is 23.3 Å². The number of piperidine rings is 1. The van der Waals surface area contributed by atoms with E-state index in [2.05, 4.69) is 42.3 Å². The second kappa shape index (κ2) is 4.83. The molecule has 18 heavy (non-hydrogen) atoms. The van der Waals surface area contributed by atoms with Crippen LogP contribution >= 0.6 is 0 Å². The molecule has 2 aliphatic heterocycles. The van der Waals surface area contributed by atoms with E-state index in [9.17, 15) is 0 Å². The van der Waals surface area contributed by atoms with Gasteiger partial charge in [0.15, 0.2) is 0 Å². The quantitative estimate of drug-likeness (QED) is 0.811. The van der Waals surface area contributed by atoms with Crippen LogP contribution in [0.25, 0.3) is 0 Å². The number of aryl methyl sites for hydroxylation is 1. The number of fused-ring (bicyclic) bond motifs is 1. The number of rotatable bonds is 1. The molecule has 1 aromatic rings. The first-order valence-electron chi connectivity index (χ1n) is 7.37. The lowest BCUT2D eigenvalue weighted by Crippen LogP contribution is -2.41. The average molecular weight is 244 g/mol. The van der Waals surface area contributed by atoms with Gasteiger partial charge in [-0.1, -0.05) is 13.0 Å². The predicted molar refractivity (Wildman–Crippen MR) is 78.5 cm³/mol. The number of nitrogens with zero attached hydrogens (tertiary/aromatic N) is 1. The largest absolute Gasteiger partial charge is 0.385 e. The summed E-state index contributed by atoms with van der Waals surface area (Å²) in [6, 6.07) is 7.69. The van der Waals surface area contributed by atoms with Gasteiger partial charge in [-0.3, -0.25) is 0 Å². The van der Waals surface area contributed by atoms with E-state index in [1.165, 1.54) is 49.2 Å². The Balaban J connectivity index is 1.86. The van der Waals surface area contributed by atoms with Gasteiger partial charge in [0.1, 0.15) is 0 Å². The summed E-state index contributed by atoms with van der Waals surface area (Å²) in [4.78, 5) is 2.59. The molecule has 2 heterocycles. The second-order valence-corrected chi connectivity index (χ2v) is 6.06. The molecule has 0 spiro atoms. The molecule has 98 valence electrons. The zero-order chi connectivity index (χ0) is 12.5. The molecule has 0 radical (unpaired) electrons. The topological polar surface area (TPSA) is 15.3 Å². The highest BCUT2D eigenvalue weighted by Crippen LogP contribution is 2.32. The fraction of sp³-hybridized carbons (Fsp3) is 0.625. The number of benzene rings is 1. The molecule has 0 aromatic heterocycles. The summed E-state index contributed by atoms with van der Waals surface area (Å²) in [5, 5.41) is 3.54. The van der Waals surface area contributed by atoms with Crippen LogP contribution in [0.5, 0.6) is 0 Å². The van der Waals surface area contributed by atoms with Crippen LogP contribution in [0.4, 0.5) is 11.4 Å². The molecule has 2 heteroatoms. The van der Waals surface area contributed by atoms with Gasteiger partial charge in [0.05, 0.1) is 0 Å². The van der Waals surface area contributed by atoms with Crippen LogP contribution in [0.1, 0.15) is 38.7 Å². The summed E-state index contributed by atoms with van der Waals surface area (Å²) in [6.45, 7) is 7.07. The first-order valence-corrected chi connectivity index (χ1v) is 7.37. The molecule has 2 unspecified atom stereocenters. The molecule has 2 nitrogen and oxygen atoms in total. The Morgan fingerprint density at radius 1 is 1.22 bits per heavy atom. The summed E-state index contributed by atoms with van der Waals surface area (Å²) in [6.07, 6.45) is 5.20. The van der Waals surface area contributed by atoms with Crippen molar-refractivity contribution in [1.29, 1.82) is 0 Å². The molecule has 3 rings (SSSR count). The first-order chi connectivity index (χ1) is 8.74. The second-order valence-electron chi connectivity index (χ2n) is 6.06. The van der Waals surface area contributed by atoms with Gasteiger partial charge in [-0.25, -0.2) is 0 Å². The Morgan fingerprint density at radius 3 is 3.00 bits per heavy atom. The molecule has 1 fully saturated rings. The van der Waals surface area contributed by atoms with E-state index < -0.39 is 0 Å². The number of hydrogen-bond donors (Lipinski definition) is 1. The molecule has 0 amide bonds. The lowest BCUT2D eigenvalue weighted by atomic mass is 9.94. The van der Waals surface area contributed by atoms with Crippen molar-refractivity contribution in [2.24, 2.45) is 5.92 Å². The van der Waals surface area contributed by atoms with Crippen molar-refractivity contribution in [3.8, 4) is 0 Å². The predicted octanol–water partition coefficient (Wildman–Crippen LogP) is 3.67. The fourth-order valence-corrected chi connectivity index (χ4v) is 3.28. The Hall–Kier alpha value is -1.18. The van der Waals surface area contributed by atoms with E-state index in [4.69, 9.17) is 0 Å². The molecular weight excluding hydrogens is 220 g/mol. The monoisotopic (exact) mass is 244 g/mol. The SMILES string of the molecule is CC1CCC(C)N(c2ccc3c(c2)NCCC3)C1. The highest BCUT2D eigenvalue weighted by Gasteiger charge is 2.23. The third-order valence-electron chi connectivity index (χ3n) is 4.48. The Kier molecular flexibility index (Phi) is 3.19. The van der Waals surface area contributed by atoms with Gasteiger partial charge in [-0.15, -0.1) is 0 Å². The maximum Gasteiger partial charge on any atom is 0.0393 e. The van der Waals surface area contributed by atoms with Crippen LogP contribution < -0.4 is 10.2 Å². The lowest BCUT2D eigenvalue weighted by molar-refractivity contribution is 0.390. The number of anilines is 2. The van der Waals surface area contributed by atoms with Gasteiger partial charge in [-0.05, 0) is 56.2 Å². The number of hydrogen-bond acceptors (Lipinski definition) is 2. The summed E-state index contributed by atoms with van der Waals surface area (Å²) in [7, 11) is 0. The molecule has 0 bridgehead atoms. The van der Waals surface area contributed by atoms with Crippen LogP contribution in [-0.4, -0.2) is 19.1 Å². The summed E-state index contributed by atoms with van der Waals surface area (Å²) in [5.41, 5.74) is 4.26. The van der Waals surface area contributed by atoms with Crippen molar-refractivity contribution >= 4 is 11.4 Å². The van der Waals surface area contributed by atoms with E-state index in [1.54, 1.807) is 0 Å². The van der Waals surface area contributed by atoms with Crippen LogP contribution in [0.15, 0.2) is 18.2 Å². The van der Waals surface area contributed by atoms with Crippen LogP contribution in [0, 0.1) is 5.92 Å². The molecule has 1 saturated heterocycles. The summed E-state index contributed by atoms with van der Waals surface area (Å²) in [5.74, 6) is 0.824. The number of nitrogens with one attached hydrogen (secondary N) is 1. The molecule has 0 saturated carbocycles. The smallest absolute Gasteiger partial charge is 0.0393 e. The van der Waals surface area contributed by atoms with E-state index in [0.29, 0.717) is 6.04 Å². The zero-order valence-electron chi connectivity index (χ0n) is 11.6. The van der Waals surface area contributed by atoms with Crippen LogP contribution in [0.3, 0.4) is 0 Å². The third-order valence-corrected chi connectivity index (χ3v) is 4.48. The van der Waals surface area contributed by atoms with Crippen molar-refractivity contribution in [1.82, 2.24) is 0 Å². The standard InChI is InChI=1S/C16H24N2/c1-12-5-6-13(2)18(11-12)15-8-7-14-4-3-9-17-16(14)10-15/h7-8,10,12-13,17H,3-6,9,11H2,1-2H3. The minimum Gasteiger partial charge on any atom is -0.385 e. The maximum absolute atomic E-state index is 3.54. The van der Waals surface area contributed by atoms with Crippen LogP contribution in [-0.2, 0) is 6.42 Å². The van der Waals surface area contributed by atoms with Gasteiger partial charge < -0.3 is 10.2 Å². The molecular formula is C16H24N2. The van der Waals surface area contributed by atoms with Gasteiger partial charge in [0.25, 0.3) is 0 Å². The van der Waals surface area contributed by atoms with Crippen molar-refractivity contribution in [2.45, 2.75) is 45.6 Å². The summed E-state index contributed by atoms with van der Waals surface area (Å²) < 4.78 is 0. The van der Waals surface area contributed by atoms with Crippen molar-refractivity contribution in [3.63, 3.8) is 0 Å². The maximum atomic E-state index is 3.54. The van der Waals surface area contributed by atoms with Gasteiger partial charge in [-0.2, -0.15) is 0 Å². The lowest BCUT2D eigenvalue weighted by Gasteiger charge is -2.39. The minimum absolute atomic E-state index is 0.683. The normalized spacial score (nSPS) is 27.6. The van der Waals surface area contributed by atoms with Crippen LogP contribution in [0.2, 0.25) is 0 Å². The van der Waals surface area contributed by atoms with E-state index in [-0.39, 0.29) is 0 Å². The highest BCUT2D eigenvalue weighted by atomic mass is 15.2.